The summed E-state index contributed by atoms with van der Waals surface area (Å²) in [5.74, 6) is -0.0857. The molecule has 1 aromatic carbocycles. The fourth-order valence-corrected chi connectivity index (χ4v) is 3.60. The zero-order valence-corrected chi connectivity index (χ0v) is 15.6. The van der Waals surface area contributed by atoms with Crippen molar-refractivity contribution in [1.29, 1.82) is 0 Å². The first-order chi connectivity index (χ1) is 13.6. The maximum Gasteiger partial charge on any atom is 0.252 e. The molecule has 3 heterocycles. The van der Waals surface area contributed by atoms with Gasteiger partial charge in [-0.05, 0) is 47.4 Å². The summed E-state index contributed by atoms with van der Waals surface area (Å²) in [5.41, 5.74) is 1.51. The van der Waals surface area contributed by atoms with Crippen molar-refractivity contribution in [2.75, 3.05) is 13.1 Å². The molecule has 1 fully saturated rings. The minimum Gasteiger partial charge on any atom is -0.383 e. The number of rotatable bonds is 4. The van der Waals surface area contributed by atoms with Gasteiger partial charge in [0.05, 0.1) is 5.69 Å². The lowest BCUT2D eigenvalue weighted by Crippen LogP contribution is -2.48. The summed E-state index contributed by atoms with van der Waals surface area (Å²) in [7, 11) is 0. The number of carbonyl (C=O) groups is 1. The number of hydrogen-bond donors (Lipinski definition) is 1. The smallest absolute Gasteiger partial charge is 0.252 e. The SMILES string of the molecule is Cc1ccc(C2(O)CCN(C(=O)[C@H](c3ccccc3)n3cnnn3)CC2)nc1. The molecule has 2 aromatic heterocycles. The van der Waals surface area contributed by atoms with Crippen LogP contribution in [0.1, 0.15) is 35.7 Å². The number of piperidine rings is 1. The number of carbonyl (C=O) groups excluding carboxylic acids is 1. The summed E-state index contributed by atoms with van der Waals surface area (Å²) < 4.78 is 1.47. The highest BCUT2D eigenvalue weighted by Crippen LogP contribution is 2.33. The lowest BCUT2D eigenvalue weighted by atomic mass is 9.87. The molecule has 0 aliphatic carbocycles. The zero-order valence-electron chi connectivity index (χ0n) is 15.6. The van der Waals surface area contributed by atoms with Gasteiger partial charge in [0.1, 0.15) is 11.9 Å². The Labute approximate surface area is 162 Å². The van der Waals surface area contributed by atoms with Crippen molar-refractivity contribution in [1.82, 2.24) is 30.1 Å². The van der Waals surface area contributed by atoms with Gasteiger partial charge < -0.3 is 10.0 Å². The third-order valence-electron chi connectivity index (χ3n) is 5.27. The number of aromatic nitrogens is 5. The van der Waals surface area contributed by atoms with Gasteiger partial charge >= 0.3 is 0 Å². The number of pyridine rings is 1. The van der Waals surface area contributed by atoms with Crippen molar-refractivity contribution in [2.24, 2.45) is 0 Å². The van der Waals surface area contributed by atoms with E-state index in [1.54, 1.807) is 11.1 Å². The summed E-state index contributed by atoms with van der Waals surface area (Å²) >= 11 is 0. The van der Waals surface area contributed by atoms with Crippen LogP contribution in [0.3, 0.4) is 0 Å². The van der Waals surface area contributed by atoms with Crippen molar-refractivity contribution in [3.8, 4) is 0 Å². The van der Waals surface area contributed by atoms with E-state index in [4.69, 9.17) is 0 Å². The van der Waals surface area contributed by atoms with E-state index >= 15 is 0 Å². The van der Waals surface area contributed by atoms with Gasteiger partial charge in [0, 0.05) is 19.3 Å². The number of hydrogen-bond acceptors (Lipinski definition) is 6. The van der Waals surface area contributed by atoms with Crippen LogP contribution in [0, 0.1) is 6.92 Å². The van der Waals surface area contributed by atoms with Crippen molar-refractivity contribution in [3.05, 3.63) is 71.8 Å². The van der Waals surface area contributed by atoms with Crippen molar-refractivity contribution < 1.29 is 9.90 Å². The normalized spacial score (nSPS) is 17.3. The average Bonchev–Trinajstić information content (AvgIpc) is 3.24. The van der Waals surface area contributed by atoms with E-state index in [1.165, 1.54) is 11.0 Å². The monoisotopic (exact) mass is 378 g/mol. The molecular weight excluding hydrogens is 356 g/mol. The molecule has 28 heavy (non-hydrogen) atoms. The summed E-state index contributed by atoms with van der Waals surface area (Å²) in [6.07, 6.45) is 4.08. The van der Waals surface area contributed by atoms with Crippen LogP contribution in [0.15, 0.2) is 55.0 Å². The van der Waals surface area contributed by atoms with Crippen LogP contribution in [-0.4, -0.2) is 54.2 Å². The van der Waals surface area contributed by atoms with E-state index < -0.39 is 11.6 Å². The summed E-state index contributed by atoms with van der Waals surface area (Å²) in [6, 6.07) is 12.6. The maximum absolute atomic E-state index is 13.3. The Morgan fingerprint density at radius 2 is 1.89 bits per heavy atom. The topological polar surface area (TPSA) is 97.0 Å². The Morgan fingerprint density at radius 1 is 1.14 bits per heavy atom. The van der Waals surface area contributed by atoms with Crippen LogP contribution >= 0.6 is 0 Å². The Kier molecular flexibility index (Phi) is 4.87. The van der Waals surface area contributed by atoms with E-state index in [-0.39, 0.29) is 5.91 Å². The predicted octanol–water partition coefficient (Wildman–Crippen LogP) is 1.48. The van der Waals surface area contributed by atoms with E-state index in [9.17, 15) is 9.90 Å². The second-order valence-corrected chi connectivity index (χ2v) is 7.18. The zero-order chi connectivity index (χ0) is 19.6. The van der Waals surface area contributed by atoms with Crippen LogP contribution in [0.4, 0.5) is 0 Å². The third kappa shape index (κ3) is 3.50. The van der Waals surface area contributed by atoms with Crippen LogP contribution in [0.5, 0.6) is 0 Å². The number of amides is 1. The van der Waals surface area contributed by atoms with Gasteiger partial charge in [-0.15, -0.1) is 5.10 Å². The molecule has 1 saturated heterocycles. The van der Waals surface area contributed by atoms with E-state index in [2.05, 4.69) is 20.5 Å². The molecule has 3 aromatic rings. The highest BCUT2D eigenvalue weighted by atomic mass is 16.3. The second-order valence-electron chi connectivity index (χ2n) is 7.18. The Hall–Kier alpha value is -3.13. The molecule has 1 aliphatic heterocycles. The van der Waals surface area contributed by atoms with E-state index in [0.717, 1.165) is 11.1 Å². The Morgan fingerprint density at radius 3 is 2.50 bits per heavy atom. The number of tetrazole rings is 1. The number of benzene rings is 1. The van der Waals surface area contributed by atoms with Crippen molar-refractivity contribution in [2.45, 2.75) is 31.4 Å². The molecule has 1 amide bonds. The van der Waals surface area contributed by atoms with Crippen LogP contribution < -0.4 is 0 Å². The third-order valence-corrected chi connectivity index (χ3v) is 5.27. The van der Waals surface area contributed by atoms with Gasteiger partial charge in [0.2, 0.25) is 0 Å². The first kappa shape index (κ1) is 18.2. The maximum atomic E-state index is 13.3. The largest absolute Gasteiger partial charge is 0.383 e. The minimum atomic E-state index is -1.01. The highest BCUT2D eigenvalue weighted by molar-refractivity contribution is 5.83. The molecule has 144 valence electrons. The van der Waals surface area contributed by atoms with Crippen LogP contribution in [0.25, 0.3) is 0 Å². The van der Waals surface area contributed by atoms with E-state index in [1.807, 2.05) is 49.4 Å². The molecule has 0 unspecified atom stereocenters. The van der Waals surface area contributed by atoms with Gasteiger partial charge in [0.25, 0.3) is 5.91 Å². The summed E-state index contributed by atoms with van der Waals surface area (Å²) in [5, 5.41) is 22.3. The lowest BCUT2D eigenvalue weighted by molar-refractivity contribution is -0.138. The first-order valence-corrected chi connectivity index (χ1v) is 9.28. The Balaban J connectivity index is 1.53. The molecule has 8 heteroatoms. The molecule has 1 atom stereocenters. The van der Waals surface area contributed by atoms with E-state index in [0.29, 0.717) is 31.6 Å². The van der Waals surface area contributed by atoms with Gasteiger partial charge in [-0.2, -0.15) is 0 Å². The number of likely N-dealkylation sites (tertiary alicyclic amines) is 1. The predicted molar refractivity (Wildman–Crippen MR) is 101 cm³/mol. The van der Waals surface area contributed by atoms with Crippen LogP contribution in [-0.2, 0) is 10.4 Å². The molecule has 0 saturated carbocycles. The fraction of sp³-hybridized carbons (Fsp3) is 0.350. The molecule has 1 aliphatic rings. The van der Waals surface area contributed by atoms with Gasteiger partial charge in [0.15, 0.2) is 6.04 Å². The quantitative estimate of drug-likeness (QED) is 0.739. The number of aryl methyl sites for hydroxylation is 1. The lowest BCUT2D eigenvalue weighted by Gasteiger charge is -2.39. The van der Waals surface area contributed by atoms with Gasteiger partial charge in [-0.25, -0.2) is 4.68 Å². The first-order valence-electron chi connectivity index (χ1n) is 9.28. The highest BCUT2D eigenvalue weighted by Gasteiger charge is 2.38. The Bertz CT molecular complexity index is 919. The minimum absolute atomic E-state index is 0.0857. The molecule has 4 rings (SSSR count). The number of aliphatic hydroxyl groups is 1. The second kappa shape index (κ2) is 7.47. The average molecular weight is 378 g/mol. The fourth-order valence-electron chi connectivity index (χ4n) is 3.60. The summed E-state index contributed by atoms with van der Waals surface area (Å²) in [6.45, 7) is 2.84. The molecule has 8 nitrogen and oxygen atoms in total. The molecular formula is C20H22N6O2. The molecule has 0 bridgehead atoms. The van der Waals surface area contributed by atoms with Crippen molar-refractivity contribution in [3.63, 3.8) is 0 Å². The van der Waals surface area contributed by atoms with Gasteiger partial charge in [-0.1, -0.05) is 36.4 Å². The van der Waals surface area contributed by atoms with Crippen molar-refractivity contribution >= 4 is 5.91 Å². The van der Waals surface area contributed by atoms with Crippen LogP contribution in [0.2, 0.25) is 0 Å². The molecule has 0 spiro atoms. The number of nitrogens with zero attached hydrogens (tertiary/aromatic N) is 6. The van der Waals surface area contributed by atoms with Gasteiger partial charge in [-0.3, -0.25) is 9.78 Å². The molecule has 1 N–H and O–H groups in total. The standard InChI is InChI=1S/C20H22N6O2/c1-15-7-8-17(21-13-15)20(28)9-11-25(12-10-20)19(27)18(26-14-22-23-24-26)16-5-3-2-4-6-16/h2-8,13-14,18,28H,9-12H2,1H3/t18-/m0/s1. The summed E-state index contributed by atoms with van der Waals surface area (Å²) in [4.78, 5) is 19.5. The molecule has 0 radical (unpaired) electrons.